The number of rotatable bonds is 19. The molecule has 0 fully saturated rings. The predicted octanol–water partition coefficient (Wildman–Crippen LogP) is 6.32. The highest BCUT2D eigenvalue weighted by Gasteiger charge is 2.18. The monoisotopic (exact) mass is 682 g/mol. The van der Waals surface area contributed by atoms with Crippen LogP contribution in [0.15, 0.2) is 95.9 Å². The number of anilines is 4. The summed E-state index contributed by atoms with van der Waals surface area (Å²) in [6, 6.07) is 29.3. The number of ether oxygens (including phenoxy) is 1. The van der Waals surface area contributed by atoms with E-state index in [9.17, 15) is 8.42 Å². The highest BCUT2D eigenvalue weighted by atomic mass is 32.2. The Morgan fingerprint density at radius 3 is 1.96 bits per heavy atom. The Morgan fingerprint density at radius 2 is 1.27 bits per heavy atom. The molecule has 0 spiro atoms. The van der Waals surface area contributed by atoms with Crippen molar-refractivity contribution < 1.29 is 13.2 Å². The third-order valence-corrected chi connectivity index (χ3v) is 9.61. The van der Waals surface area contributed by atoms with Crippen molar-refractivity contribution in [2.75, 3.05) is 61.7 Å². The van der Waals surface area contributed by atoms with Crippen molar-refractivity contribution in [3.8, 4) is 5.75 Å². The topological polar surface area (TPSA) is 133 Å². The van der Waals surface area contributed by atoms with Gasteiger partial charge < -0.3 is 25.6 Å². The van der Waals surface area contributed by atoms with E-state index in [0.717, 1.165) is 59.9 Å². The maximum absolute atomic E-state index is 13.2. The summed E-state index contributed by atoms with van der Waals surface area (Å²) < 4.78 is 34.5. The first-order valence-electron chi connectivity index (χ1n) is 16.7. The van der Waals surface area contributed by atoms with E-state index in [1.54, 1.807) is 19.2 Å². The predicted molar refractivity (Wildman–Crippen MR) is 199 cm³/mol. The Hall–Kier alpha value is -4.94. The molecule has 12 heteroatoms. The number of nitrogens with one attached hydrogen (secondary N) is 4. The van der Waals surface area contributed by atoms with Crippen LogP contribution in [0.4, 0.5) is 23.5 Å². The number of hydrogen-bond acceptors (Lipinski definition) is 10. The lowest BCUT2D eigenvalue weighted by atomic mass is 10.1. The highest BCUT2D eigenvalue weighted by molar-refractivity contribution is 7.89. The molecule has 0 saturated carbocycles. The van der Waals surface area contributed by atoms with E-state index in [1.807, 2.05) is 85.7 Å². The number of benzene rings is 4. The summed E-state index contributed by atoms with van der Waals surface area (Å²) in [6.07, 6.45) is 4.31. The lowest BCUT2D eigenvalue weighted by Crippen LogP contribution is -2.25. The second-order valence-corrected chi connectivity index (χ2v) is 13.7. The second-order valence-electron chi connectivity index (χ2n) is 11.9. The molecule has 0 saturated heterocycles. The van der Waals surface area contributed by atoms with Crippen LogP contribution in [0, 0.1) is 0 Å². The molecule has 0 radical (unpaired) electrons. The first kappa shape index (κ1) is 35.4. The van der Waals surface area contributed by atoms with Gasteiger partial charge in [0.05, 0.1) is 12.0 Å². The maximum atomic E-state index is 13.2. The molecule has 0 amide bonds. The van der Waals surface area contributed by atoms with Gasteiger partial charge in [-0.05, 0) is 54.7 Å². The van der Waals surface area contributed by atoms with Crippen molar-refractivity contribution in [2.24, 2.45) is 0 Å². The molecule has 0 bridgehead atoms. The number of sulfonamides is 1. The van der Waals surface area contributed by atoms with Gasteiger partial charge in [-0.1, -0.05) is 79.6 Å². The van der Waals surface area contributed by atoms with Crippen LogP contribution in [0.2, 0.25) is 0 Å². The molecule has 4 aromatic carbocycles. The molecular weight excluding hydrogens is 637 g/mol. The fraction of sp³-hybridized carbons (Fsp3) is 0.324. The molecule has 1 aromatic heterocycles. The van der Waals surface area contributed by atoms with Gasteiger partial charge in [0.15, 0.2) is 0 Å². The van der Waals surface area contributed by atoms with E-state index in [0.29, 0.717) is 48.9 Å². The van der Waals surface area contributed by atoms with Gasteiger partial charge in [0.2, 0.25) is 27.9 Å². The normalized spacial score (nSPS) is 11.3. The van der Waals surface area contributed by atoms with E-state index in [1.165, 1.54) is 5.56 Å². The van der Waals surface area contributed by atoms with Gasteiger partial charge in [0, 0.05) is 56.7 Å². The fourth-order valence-corrected chi connectivity index (χ4v) is 6.77. The molecule has 0 aliphatic carbocycles. The lowest BCUT2D eigenvalue weighted by molar-refractivity contribution is 0.414. The standard InChI is InChI=1S/C37H46N8O3S/c1-45(2)33-17-11-16-32-31(33)15-12-18-34(32)49(46,47)41-25-10-5-4-9-24-38-35-42-36(39-26-23-28-13-7-6-8-14-28)44-37(43-35)40-27-29-19-21-30(48-3)22-20-29/h6-8,11-22,41H,4-5,9-10,23-27H2,1-3H3,(H3,38,39,40,42,43,44). The van der Waals surface area contributed by atoms with Crippen LogP contribution >= 0.6 is 0 Å². The van der Waals surface area contributed by atoms with E-state index in [-0.39, 0.29) is 0 Å². The summed E-state index contributed by atoms with van der Waals surface area (Å²) in [5.74, 6) is 2.28. The molecule has 5 aromatic rings. The summed E-state index contributed by atoms with van der Waals surface area (Å²) in [6.45, 7) is 2.31. The van der Waals surface area contributed by atoms with Crippen LogP contribution in [0.25, 0.3) is 10.8 Å². The molecule has 258 valence electrons. The Kier molecular flexibility index (Phi) is 12.6. The molecule has 11 nitrogen and oxygen atoms in total. The van der Waals surface area contributed by atoms with Crippen LogP contribution in [-0.2, 0) is 23.0 Å². The molecular formula is C37H46N8O3S. The van der Waals surface area contributed by atoms with Gasteiger partial charge in [-0.2, -0.15) is 15.0 Å². The van der Waals surface area contributed by atoms with Crippen LogP contribution in [0.3, 0.4) is 0 Å². The molecule has 0 unspecified atom stereocenters. The van der Waals surface area contributed by atoms with Crippen LogP contribution in [0.5, 0.6) is 5.75 Å². The van der Waals surface area contributed by atoms with Gasteiger partial charge in [0.25, 0.3) is 0 Å². The SMILES string of the molecule is COc1ccc(CNc2nc(NCCCCCCNS(=O)(=O)c3cccc4c(N(C)C)cccc34)nc(NCCc3ccccc3)n2)cc1. The zero-order chi connectivity index (χ0) is 34.5. The quantitative estimate of drug-likeness (QED) is 0.0734. The molecule has 5 rings (SSSR count). The van der Waals surface area contributed by atoms with Gasteiger partial charge in [-0.3, -0.25) is 0 Å². The first-order chi connectivity index (χ1) is 23.8. The summed E-state index contributed by atoms with van der Waals surface area (Å²) >= 11 is 0. The lowest BCUT2D eigenvalue weighted by Gasteiger charge is -2.17. The van der Waals surface area contributed by atoms with Gasteiger partial charge in [-0.15, -0.1) is 0 Å². The summed E-state index contributed by atoms with van der Waals surface area (Å²) in [5, 5.41) is 11.6. The number of unbranched alkanes of at least 4 members (excludes halogenated alkanes) is 3. The van der Waals surface area contributed by atoms with E-state index >= 15 is 0 Å². The summed E-state index contributed by atoms with van der Waals surface area (Å²) in [7, 11) is 1.92. The van der Waals surface area contributed by atoms with Gasteiger partial charge >= 0.3 is 0 Å². The number of fused-ring (bicyclic) bond motifs is 1. The Morgan fingerprint density at radius 1 is 0.633 bits per heavy atom. The number of methoxy groups -OCH3 is 1. The number of nitrogens with zero attached hydrogens (tertiary/aromatic N) is 4. The summed E-state index contributed by atoms with van der Waals surface area (Å²) in [5.41, 5.74) is 3.30. The third kappa shape index (κ3) is 10.3. The maximum Gasteiger partial charge on any atom is 0.241 e. The minimum Gasteiger partial charge on any atom is -0.497 e. The Labute approximate surface area is 289 Å². The van der Waals surface area contributed by atoms with Crippen molar-refractivity contribution >= 4 is 44.3 Å². The Bertz CT molecular complexity index is 1890. The van der Waals surface area contributed by atoms with E-state index in [4.69, 9.17) is 4.74 Å². The van der Waals surface area contributed by atoms with Gasteiger partial charge in [-0.25, -0.2) is 13.1 Å². The smallest absolute Gasteiger partial charge is 0.241 e. The molecule has 4 N–H and O–H groups in total. The average molecular weight is 683 g/mol. The van der Waals surface area contributed by atoms with Crippen LogP contribution < -0.4 is 30.3 Å². The summed E-state index contributed by atoms with van der Waals surface area (Å²) in [4.78, 5) is 16.1. The molecule has 1 heterocycles. The minimum absolute atomic E-state index is 0.307. The second kappa shape index (κ2) is 17.5. The fourth-order valence-electron chi connectivity index (χ4n) is 5.48. The average Bonchev–Trinajstić information content (AvgIpc) is 3.12. The van der Waals surface area contributed by atoms with E-state index in [2.05, 4.69) is 47.8 Å². The number of hydrogen-bond donors (Lipinski definition) is 4. The highest BCUT2D eigenvalue weighted by Crippen LogP contribution is 2.30. The minimum atomic E-state index is -3.64. The Balaban J connectivity index is 1.09. The largest absolute Gasteiger partial charge is 0.497 e. The van der Waals surface area contributed by atoms with Crippen molar-refractivity contribution in [1.29, 1.82) is 0 Å². The first-order valence-corrected chi connectivity index (χ1v) is 18.1. The van der Waals surface area contributed by atoms with Crippen molar-refractivity contribution in [3.63, 3.8) is 0 Å². The third-order valence-electron chi connectivity index (χ3n) is 8.09. The zero-order valence-corrected chi connectivity index (χ0v) is 29.3. The van der Waals surface area contributed by atoms with Crippen LogP contribution in [-0.4, -0.2) is 64.2 Å². The van der Waals surface area contributed by atoms with Crippen LogP contribution in [0.1, 0.15) is 36.8 Å². The number of aromatic nitrogens is 3. The van der Waals surface area contributed by atoms with Crippen molar-refractivity contribution in [1.82, 2.24) is 19.7 Å². The zero-order valence-electron chi connectivity index (χ0n) is 28.4. The molecule has 0 atom stereocenters. The van der Waals surface area contributed by atoms with Crippen molar-refractivity contribution in [2.45, 2.75) is 43.5 Å². The van der Waals surface area contributed by atoms with Crippen molar-refractivity contribution in [3.05, 3.63) is 102 Å². The van der Waals surface area contributed by atoms with Gasteiger partial charge in [0.1, 0.15) is 5.75 Å². The molecule has 0 aliphatic heterocycles. The molecule has 49 heavy (non-hydrogen) atoms. The molecule has 0 aliphatic rings. The van der Waals surface area contributed by atoms with E-state index < -0.39 is 10.0 Å².